The molecule has 0 bridgehead atoms. The molecule has 0 unspecified atom stereocenters. The third kappa shape index (κ3) is 5.96. The van der Waals surface area contributed by atoms with Crippen LogP contribution >= 0.6 is 27.5 Å². The molecule has 1 aliphatic rings. The SMILES string of the molecule is COC(=O)C1CC(OCCOc2ccc(-c3oc4c(Cl)cc(F)cc4c(=O)c3OC(F)(F)Br)cc2)C1. The van der Waals surface area contributed by atoms with Crippen LogP contribution in [-0.4, -0.2) is 37.4 Å². The topological polar surface area (TPSA) is 84.2 Å². The highest BCUT2D eigenvalue weighted by molar-refractivity contribution is 9.09. The van der Waals surface area contributed by atoms with E-state index in [0.29, 0.717) is 25.2 Å². The zero-order valence-electron chi connectivity index (χ0n) is 18.7. The van der Waals surface area contributed by atoms with Gasteiger partial charge in [0, 0.05) is 21.5 Å². The molecule has 7 nitrogen and oxygen atoms in total. The van der Waals surface area contributed by atoms with Crippen LogP contribution in [0.1, 0.15) is 12.8 Å². The molecule has 0 amide bonds. The minimum Gasteiger partial charge on any atom is -0.491 e. The quantitative estimate of drug-likeness (QED) is 0.173. The van der Waals surface area contributed by atoms with Gasteiger partial charge in [-0.05, 0) is 49.2 Å². The summed E-state index contributed by atoms with van der Waals surface area (Å²) in [5.41, 5.74) is -0.978. The summed E-state index contributed by atoms with van der Waals surface area (Å²) in [6.07, 6.45) is 1.18. The van der Waals surface area contributed by atoms with E-state index in [9.17, 15) is 22.8 Å². The van der Waals surface area contributed by atoms with Crippen molar-refractivity contribution in [1.82, 2.24) is 0 Å². The molecule has 1 heterocycles. The summed E-state index contributed by atoms with van der Waals surface area (Å²) in [4.78, 5) is 24.3. The second-order valence-corrected chi connectivity index (χ2v) is 9.29. The lowest BCUT2D eigenvalue weighted by Crippen LogP contribution is -2.37. The van der Waals surface area contributed by atoms with Crippen molar-refractivity contribution in [3.8, 4) is 22.8 Å². The van der Waals surface area contributed by atoms with Gasteiger partial charge in [0.05, 0.1) is 36.1 Å². The zero-order valence-corrected chi connectivity index (χ0v) is 21.0. The number of halogens is 5. The first-order valence-corrected chi connectivity index (χ1v) is 11.9. The summed E-state index contributed by atoms with van der Waals surface area (Å²) in [7, 11) is 1.35. The van der Waals surface area contributed by atoms with Crippen LogP contribution in [0.5, 0.6) is 11.5 Å². The van der Waals surface area contributed by atoms with Crippen molar-refractivity contribution < 1.29 is 41.3 Å². The second kappa shape index (κ2) is 10.7. The van der Waals surface area contributed by atoms with Gasteiger partial charge in [0.25, 0.3) is 0 Å². The van der Waals surface area contributed by atoms with Gasteiger partial charge in [-0.2, -0.15) is 8.78 Å². The van der Waals surface area contributed by atoms with Gasteiger partial charge >= 0.3 is 11.0 Å². The molecular weight excluding hydrogens is 573 g/mol. The Morgan fingerprint density at radius 3 is 2.53 bits per heavy atom. The van der Waals surface area contributed by atoms with Crippen LogP contribution in [0.2, 0.25) is 5.02 Å². The van der Waals surface area contributed by atoms with Crippen LogP contribution in [0.3, 0.4) is 0 Å². The maximum absolute atomic E-state index is 13.8. The minimum absolute atomic E-state index is 0.0258. The van der Waals surface area contributed by atoms with Crippen LogP contribution in [-0.2, 0) is 14.3 Å². The van der Waals surface area contributed by atoms with Gasteiger partial charge in [0.1, 0.15) is 18.2 Å². The predicted octanol–water partition coefficient (Wildman–Crippen LogP) is 5.92. The molecule has 1 fully saturated rings. The highest BCUT2D eigenvalue weighted by Crippen LogP contribution is 2.38. The molecule has 36 heavy (non-hydrogen) atoms. The van der Waals surface area contributed by atoms with E-state index in [1.807, 2.05) is 15.9 Å². The second-order valence-electron chi connectivity index (χ2n) is 7.96. The van der Waals surface area contributed by atoms with Crippen LogP contribution < -0.4 is 14.9 Å². The average Bonchev–Trinajstić information content (AvgIpc) is 2.79. The first kappa shape index (κ1) is 26.3. The molecule has 0 radical (unpaired) electrons. The molecule has 0 N–H and O–H groups in total. The van der Waals surface area contributed by atoms with Crippen molar-refractivity contribution in [1.29, 1.82) is 0 Å². The maximum Gasteiger partial charge on any atom is 0.459 e. The minimum atomic E-state index is -3.89. The number of fused-ring (bicyclic) bond motifs is 1. The normalized spacial score (nSPS) is 17.5. The number of carbonyl (C=O) groups is 1. The van der Waals surface area contributed by atoms with Gasteiger partial charge in [0.15, 0.2) is 11.3 Å². The zero-order chi connectivity index (χ0) is 26.0. The number of methoxy groups -OCH3 is 1. The largest absolute Gasteiger partial charge is 0.491 e. The maximum atomic E-state index is 13.8. The summed E-state index contributed by atoms with van der Waals surface area (Å²) in [6.45, 7) is 0.530. The van der Waals surface area contributed by atoms with E-state index < -0.39 is 22.0 Å². The molecule has 192 valence electrons. The molecule has 12 heteroatoms. The molecule has 3 aromatic rings. The van der Waals surface area contributed by atoms with Crippen molar-refractivity contribution >= 4 is 44.5 Å². The Balaban J connectivity index is 1.48. The molecule has 0 aliphatic heterocycles. The molecule has 1 saturated carbocycles. The van der Waals surface area contributed by atoms with E-state index in [0.717, 1.165) is 12.1 Å². The smallest absolute Gasteiger partial charge is 0.459 e. The standard InChI is InChI=1S/C24H19BrClF3O7/c1-32-23(31)13-8-16(9-13)34-7-6-33-15-4-2-12(3-5-15)20-22(36-24(25,28)29)19(30)17-10-14(27)11-18(26)21(17)35-20/h2-5,10-11,13,16H,6-9H2,1H3. The molecule has 1 aliphatic carbocycles. The van der Waals surface area contributed by atoms with Crippen molar-refractivity contribution in [3.63, 3.8) is 0 Å². The molecule has 4 rings (SSSR count). The Morgan fingerprint density at radius 1 is 1.19 bits per heavy atom. The summed E-state index contributed by atoms with van der Waals surface area (Å²) in [6, 6.07) is 7.80. The Morgan fingerprint density at radius 2 is 1.89 bits per heavy atom. The lowest BCUT2D eigenvalue weighted by atomic mass is 9.82. The predicted molar refractivity (Wildman–Crippen MR) is 127 cm³/mol. The first-order valence-electron chi connectivity index (χ1n) is 10.7. The van der Waals surface area contributed by atoms with Crippen molar-refractivity contribution in [3.05, 3.63) is 57.5 Å². The average molecular weight is 592 g/mol. The molecule has 0 atom stereocenters. The number of rotatable bonds is 9. The monoisotopic (exact) mass is 590 g/mol. The van der Waals surface area contributed by atoms with E-state index in [-0.39, 0.29) is 51.9 Å². The van der Waals surface area contributed by atoms with Gasteiger partial charge in [-0.1, -0.05) is 11.6 Å². The highest BCUT2D eigenvalue weighted by atomic mass is 79.9. The lowest BCUT2D eigenvalue weighted by molar-refractivity contribution is -0.155. The van der Waals surface area contributed by atoms with Crippen LogP contribution in [0.4, 0.5) is 13.2 Å². The van der Waals surface area contributed by atoms with Crippen LogP contribution in [0, 0.1) is 11.7 Å². The lowest BCUT2D eigenvalue weighted by Gasteiger charge is -2.32. The van der Waals surface area contributed by atoms with E-state index in [2.05, 4.69) is 9.47 Å². The summed E-state index contributed by atoms with van der Waals surface area (Å²) in [5, 5.41) is -4.44. The molecule has 2 aromatic carbocycles. The summed E-state index contributed by atoms with van der Waals surface area (Å²) < 4.78 is 67.1. The van der Waals surface area contributed by atoms with E-state index in [1.165, 1.54) is 19.2 Å². The highest BCUT2D eigenvalue weighted by Gasteiger charge is 2.36. The Hall–Kier alpha value is -2.76. The number of ether oxygens (including phenoxy) is 4. The van der Waals surface area contributed by atoms with E-state index in [1.54, 1.807) is 12.1 Å². The number of hydrogen-bond acceptors (Lipinski definition) is 7. The van der Waals surface area contributed by atoms with Crippen LogP contribution in [0.25, 0.3) is 22.3 Å². The fourth-order valence-corrected chi connectivity index (χ4v) is 4.15. The van der Waals surface area contributed by atoms with E-state index >= 15 is 0 Å². The van der Waals surface area contributed by atoms with Crippen molar-refractivity contribution in [2.24, 2.45) is 5.92 Å². The van der Waals surface area contributed by atoms with Gasteiger partial charge < -0.3 is 23.4 Å². The summed E-state index contributed by atoms with van der Waals surface area (Å²) in [5.74, 6) is -1.90. The number of carbonyl (C=O) groups excluding carboxylic acids is 1. The Kier molecular flexibility index (Phi) is 7.82. The van der Waals surface area contributed by atoms with Crippen molar-refractivity contribution in [2.45, 2.75) is 24.0 Å². The van der Waals surface area contributed by atoms with E-state index in [4.69, 9.17) is 25.5 Å². The molecule has 0 saturated heterocycles. The fraction of sp³-hybridized carbons (Fsp3) is 0.333. The molecule has 0 spiro atoms. The van der Waals surface area contributed by atoms with Crippen molar-refractivity contribution in [2.75, 3.05) is 20.3 Å². The number of esters is 1. The Labute approximate surface area is 216 Å². The fourth-order valence-electron chi connectivity index (χ4n) is 3.74. The number of benzene rings is 2. The molecule has 1 aromatic heterocycles. The van der Waals surface area contributed by atoms with Gasteiger partial charge in [-0.3, -0.25) is 9.59 Å². The summed E-state index contributed by atoms with van der Waals surface area (Å²) >= 11 is 8.06. The molecular formula is C24H19BrClF3O7. The van der Waals surface area contributed by atoms with Gasteiger partial charge in [-0.25, -0.2) is 4.39 Å². The number of alkyl halides is 3. The number of hydrogen-bond donors (Lipinski definition) is 0. The van der Waals surface area contributed by atoms with Crippen LogP contribution in [0.15, 0.2) is 45.6 Å². The first-order chi connectivity index (χ1) is 17.1. The third-order valence-corrected chi connectivity index (χ3v) is 5.98. The Bertz CT molecular complexity index is 1320. The van der Waals surface area contributed by atoms with Gasteiger partial charge in [0.2, 0.25) is 11.2 Å². The van der Waals surface area contributed by atoms with Gasteiger partial charge in [-0.15, -0.1) is 0 Å². The third-order valence-electron chi connectivity index (χ3n) is 5.54.